The fraction of sp³-hybridized carbons (Fsp3) is 0.611. The Hall–Kier alpha value is -1.62. The molecule has 0 aliphatic carbocycles. The van der Waals surface area contributed by atoms with Crippen LogP contribution < -0.4 is 4.74 Å². The van der Waals surface area contributed by atoms with E-state index in [1.807, 2.05) is 4.90 Å². The van der Waals surface area contributed by atoms with Crippen molar-refractivity contribution in [2.24, 2.45) is 5.92 Å². The van der Waals surface area contributed by atoms with Crippen LogP contribution in [0.3, 0.4) is 0 Å². The van der Waals surface area contributed by atoms with Gasteiger partial charge in [-0.1, -0.05) is 0 Å². The third-order valence-corrected chi connectivity index (χ3v) is 4.63. The first-order valence-corrected chi connectivity index (χ1v) is 8.48. The summed E-state index contributed by atoms with van der Waals surface area (Å²) in [7, 11) is 0. The Kier molecular flexibility index (Phi) is 5.49. The van der Waals surface area contributed by atoms with E-state index in [1.54, 1.807) is 12.1 Å². The molecule has 1 aromatic carbocycles. The number of halogens is 1. The molecule has 1 atom stereocenters. The van der Waals surface area contributed by atoms with Gasteiger partial charge in [0, 0.05) is 45.6 Å². The second-order valence-corrected chi connectivity index (χ2v) is 6.44. The van der Waals surface area contributed by atoms with Crippen LogP contribution in [0.2, 0.25) is 0 Å². The summed E-state index contributed by atoms with van der Waals surface area (Å²) in [6, 6.07) is 6.10. The SMILES string of the molecule is O=C(C[C@H]1CCCOC1)N1CCC(Oc2ccc(F)cc2)CC1. The summed E-state index contributed by atoms with van der Waals surface area (Å²) in [6.07, 6.45) is 4.50. The Balaban J connectivity index is 1.42. The molecule has 5 heteroatoms. The lowest BCUT2D eigenvalue weighted by Gasteiger charge is -2.33. The molecule has 2 fully saturated rings. The average molecular weight is 321 g/mol. The molecule has 0 spiro atoms. The van der Waals surface area contributed by atoms with Crippen molar-refractivity contribution < 1.29 is 18.7 Å². The van der Waals surface area contributed by atoms with E-state index in [2.05, 4.69) is 0 Å². The second kappa shape index (κ2) is 7.77. The molecule has 2 saturated heterocycles. The number of rotatable bonds is 4. The number of carbonyl (C=O) groups excluding carboxylic acids is 1. The Bertz CT molecular complexity index is 506. The number of hydrogen-bond donors (Lipinski definition) is 0. The number of nitrogens with zero attached hydrogens (tertiary/aromatic N) is 1. The fourth-order valence-corrected chi connectivity index (χ4v) is 3.27. The first-order valence-electron chi connectivity index (χ1n) is 8.48. The van der Waals surface area contributed by atoms with Crippen LogP contribution in [0, 0.1) is 11.7 Å². The zero-order chi connectivity index (χ0) is 16.1. The Labute approximate surface area is 136 Å². The van der Waals surface area contributed by atoms with Gasteiger partial charge in [-0.3, -0.25) is 4.79 Å². The van der Waals surface area contributed by atoms with E-state index in [0.29, 0.717) is 18.1 Å². The van der Waals surface area contributed by atoms with E-state index in [0.717, 1.165) is 52.0 Å². The zero-order valence-corrected chi connectivity index (χ0v) is 13.4. The van der Waals surface area contributed by atoms with Crippen LogP contribution in [0.25, 0.3) is 0 Å². The predicted molar refractivity (Wildman–Crippen MR) is 84.8 cm³/mol. The zero-order valence-electron chi connectivity index (χ0n) is 13.4. The lowest BCUT2D eigenvalue weighted by molar-refractivity contribution is -0.135. The molecule has 1 amide bonds. The first kappa shape index (κ1) is 16.2. The maximum atomic E-state index is 12.9. The van der Waals surface area contributed by atoms with Crippen molar-refractivity contribution in [1.82, 2.24) is 4.90 Å². The smallest absolute Gasteiger partial charge is 0.222 e. The minimum atomic E-state index is -0.260. The minimum Gasteiger partial charge on any atom is -0.490 e. The van der Waals surface area contributed by atoms with Gasteiger partial charge >= 0.3 is 0 Å². The molecule has 0 bridgehead atoms. The molecule has 0 aromatic heterocycles. The van der Waals surface area contributed by atoms with Crippen LogP contribution in [0.1, 0.15) is 32.1 Å². The number of hydrogen-bond acceptors (Lipinski definition) is 3. The van der Waals surface area contributed by atoms with Crippen LogP contribution in [0.15, 0.2) is 24.3 Å². The van der Waals surface area contributed by atoms with Crippen LogP contribution in [-0.4, -0.2) is 43.2 Å². The van der Waals surface area contributed by atoms with Gasteiger partial charge in [-0.15, -0.1) is 0 Å². The number of likely N-dealkylation sites (tertiary alicyclic amines) is 1. The summed E-state index contributed by atoms with van der Waals surface area (Å²) in [4.78, 5) is 14.3. The standard InChI is InChI=1S/C18H24FNO3/c19-15-3-5-16(6-4-15)23-17-7-9-20(10-8-17)18(21)12-14-2-1-11-22-13-14/h3-6,14,17H,1-2,7-13H2/t14-/m1/s1. The number of piperidine rings is 1. The second-order valence-electron chi connectivity index (χ2n) is 6.44. The molecule has 0 unspecified atom stereocenters. The van der Waals surface area contributed by atoms with Gasteiger partial charge in [0.2, 0.25) is 5.91 Å². The van der Waals surface area contributed by atoms with Crippen LogP contribution in [0.4, 0.5) is 4.39 Å². The van der Waals surface area contributed by atoms with Gasteiger partial charge in [-0.2, -0.15) is 0 Å². The Morgan fingerprint density at radius 3 is 2.61 bits per heavy atom. The Morgan fingerprint density at radius 2 is 1.96 bits per heavy atom. The molecule has 1 aromatic rings. The molecule has 3 rings (SSSR count). The number of ether oxygens (including phenoxy) is 2. The minimum absolute atomic E-state index is 0.0996. The monoisotopic (exact) mass is 321 g/mol. The summed E-state index contributed by atoms with van der Waals surface area (Å²) in [5.74, 6) is 1.05. The molecule has 0 N–H and O–H groups in total. The van der Waals surface area contributed by atoms with E-state index in [1.165, 1.54) is 12.1 Å². The van der Waals surface area contributed by atoms with Gasteiger partial charge in [-0.25, -0.2) is 4.39 Å². The van der Waals surface area contributed by atoms with Gasteiger partial charge in [-0.05, 0) is 43.0 Å². The van der Waals surface area contributed by atoms with Crippen molar-refractivity contribution in [2.75, 3.05) is 26.3 Å². The van der Waals surface area contributed by atoms with Gasteiger partial charge in [0.25, 0.3) is 0 Å². The topological polar surface area (TPSA) is 38.8 Å². The summed E-state index contributed by atoms with van der Waals surface area (Å²) in [5.41, 5.74) is 0. The van der Waals surface area contributed by atoms with Crippen molar-refractivity contribution in [3.8, 4) is 5.75 Å². The van der Waals surface area contributed by atoms with E-state index in [9.17, 15) is 9.18 Å². The third-order valence-electron chi connectivity index (χ3n) is 4.63. The van der Waals surface area contributed by atoms with E-state index >= 15 is 0 Å². The number of benzene rings is 1. The summed E-state index contributed by atoms with van der Waals surface area (Å²) >= 11 is 0. The van der Waals surface area contributed by atoms with Crippen molar-refractivity contribution >= 4 is 5.91 Å². The highest BCUT2D eigenvalue weighted by molar-refractivity contribution is 5.76. The molecule has 126 valence electrons. The summed E-state index contributed by atoms with van der Waals surface area (Å²) < 4.78 is 24.2. The quantitative estimate of drug-likeness (QED) is 0.856. The highest BCUT2D eigenvalue weighted by Crippen LogP contribution is 2.22. The predicted octanol–water partition coefficient (Wildman–Crippen LogP) is 3.01. The fourth-order valence-electron chi connectivity index (χ4n) is 3.27. The molecule has 4 nitrogen and oxygen atoms in total. The summed E-state index contributed by atoms with van der Waals surface area (Å²) in [5, 5.41) is 0. The normalized spacial score (nSPS) is 22.8. The van der Waals surface area contributed by atoms with E-state index in [4.69, 9.17) is 9.47 Å². The highest BCUT2D eigenvalue weighted by atomic mass is 19.1. The molecule has 0 saturated carbocycles. The van der Waals surface area contributed by atoms with Crippen LogP contribution in [0.5, 0.6) is 5.75 Å². The Morgan fingerprint density at radius 1 is 1.22 bits per heavy atom. The first-order chi connectivity index (χ1) is 11.2. The molecular weight excluding hydrogens is 297 g/mol. The van der Waals surface area contributed by atoms with Gasteiger partial charge in [0.05, 0.1) is 0 Å². The van der Waals surface area contributed by atoms with E-state index in [-0.39, 0.29) is 17.8 Å². The van der Waals surface area contributed by atoms with Crippen LogP contribution >= 0.6 is 0 Å². The molecule has 2 heterocycles. The van der Waals surface area contributed by atoms with Gasteiger partial charge in [0.1, 0.15) is 17.7 Å². The largest absolute Gasteiger partial charge is 0.490 e. The molecule has 2 aliphatic heterocycles. The third kappa shape index (κ3) is 4.67. The van der Waals surface area contributed by atoms with Crippen molar-refractivity contribution in [3.63, 3.8) is 0 Å². The summed E-state index contributed by atoms with van der Waals surface area (Å²) in [6.45, 7) is 3.02. The molecule has 23 heavy (non-hydrogen) atoms. The number of amides is 1. The average Bonchev–Trinajstić information content (AvgIpc) is 2.58. The van der Waals surface area contributed by atoms with Crippen LogP contribution in [-0.2, 0) is 9.53 Å². The van der Waals surface area contributed by atoms with E-state index < -0.39 is 0 Å². The van der Waals surface area contributed by atoms with Crippen molar-refractivity contribution in [3.05, 3.63) is 30.1 Å². The molecular formula is C18H24FNO3. The number of carbonyl (C=O) groups is 1. The molecule has 2 aliphatic rings. The maximum absolute atomic E-state index is 12.9. The lowest BCUT2D eigenvalue weighted by Crippen LogP contribution is -2.42. The van der Waals surface area contributed by atoms with Gasteiger partial charge < -0.3 is 14.4 Å². The lowest BCUT2D eigenvalue weighted by atomic mass is 9.97. The van der Waals surface area contributed by atoms with Crippen molar-refractivity contribution in [1.29, 1.82) is 0 Å². The molecule has 0 radical (unpaired) electrons. The van der Waals surface area contributed by atoms with Crippen molar-refractivity contribution in [2.45, 2.75) is 38.2 Å². The highest BCUT2D eigenvalue weighted by Gasteiger charge is 2.26. The maximum Gasteiger partial charge on any atom is 0.222 e. The van der Waals surface area contributed by atoms with Gasteiger partial charge in [0.15, 0.2) is 0 Å².